The van der Waals surface area contributed by atoms with Gasteiger partial charge in [-0.1, -0.05) is 6.07 Å². The lowest BCUT2D eigenvalue weighted by Crippen LogP contribution is -2.39. The smallest absolute Gasteiger partial charge is 0.376 e. The number of alkyl halides is 3. The van der Waals surface area contributed by atoms with Gasteiger partial charge in [-0.2, -0.15) is 13.2 Å². The van der Waals surface area contributed by atoms with Crippen molar-refractivity contribution in [2.75, 3.05) is 0 Å². The van der Waals surface area contributed by atoms with E-state index < -0.39 is 17.6 Å². The molecule has 0 saturated carbocycles. The predicted octanol–water partition coefficient (Wildman–Crippen LogP) is 4.07. The molecule has 126 valence electrons. The molecule has 1 unspecified atom stereocenters. The number of rotatable bonds is 2. The van der Waals surface area contributed by atoms with Crippen LogP contribution in [0.2, 0.25) is 0 Å². The van der Waals surface area contributed by atoms with Crippen LogP contribution in [0.15, 0.2) is 41.3 Å². The largest absolute Gasteiger partial charge is 0.421 e. The van der Waals surface area contributed by atoms with Crippen LogP contribution in [0.1, 0.15) is 12.5 Å². The first-order valence-electron chi connectivity index (χ1n) is 6.70. The molecule has 0 amide bonds. The molecule has 3 heterocycles. The van der Waals surface area contributed by atoms with Gasteiger partial charge in [0, 0.05) is 11.8 Å². The van der Waals surface area contributed by atoms with Crippen molar-refractivity contribution in [3.05, 3.63) is 52.6 Å². The Labute approximate surface area is 141 Å². The molecule has 24 heavy (non-hydrogen) atoms. The third-order valence-electron chi connectivity index (χ3n) is 3.69. The SMILES string of the molecule is CC(O)(c1ccc2ncc(-c3ccc(F)c(Br)n3)n2c1)C(F)(F)F. The minimum absolute atomic E-state index is 0.0200. The van der Waals surface area contributed by atoms with Crippen molar-refractivity contribution in [2.45, 2.75) is 18.7 Å². The number of hydrogen-bond acceptors (Lipinski definition) is 3. The Balaban J connectivity index is 2.18. The van der Waals surface area contributed by atoms with Crippen LogP contribution in [-0.2, 0) is 5.60 Å². The zero-order chi connectivity index (χ0) is 17.7. The Morgan fingerprint density at radius 3 is 2.50 bits per heavy atom. The van der Waals surface area contributed by atoms with E-state index >= 15 is 0 Å². The van der Waals surface area contributed by atoms with Crippen LogP contribution >= 0.6 is 15.9 Å². The Morgan fingerprint density at radius 2 is 1.88 bits per heavy atom. The van der Waals surface area contributed by atoms with Gasteiger partial charge < -0.3 is 5.11 Å². The Kier molecular flexibility index (Phi) is 3.88. The fourth-order valence-electron chi connectivity index (χ4n) is 2.18. The predicted molar refractivity (Wildman–Crippen MR) is 81.7 cm³/mol. The number of fused-ring (bicyclic) bond motifs is 1. The number of imidazole rings is 1. The number of hydrogen-bond donors (Lipinski definition) is 1. The highest BCUT2D eigenvalue weighted by Gasteiger charge is 2.51. The normalized spacial score (nSPS) is 14.8. The molecule has 0 saturated heterocycles. The summed E-state index contributed by atoms with van der Waals surface area (Å²) in [6.45, 7) is 0.678. The third kappa shape index (κ3) is 2.67. The van der Waals surface area contributed by atoms with Gasteiger partial charge in [-0.25, -0.2) is 14.4 Å². The van der Waals surface area contributed by atoms with E-state index in [1.165, 1.54) is 28.8 Å². The molecule has 0 spiro atoms. The van der Waals surface area contributed by atoms with Crippen LogP contribution in [0.5, 0.6) is 0 Å². The first kappa shape index (κ1) is 16.8. The van der Waals surface area contributed by atoms with Gasteiger partial charge in [0.1, 0.15) is 10.3 Å². The molecule has 1 N–H and O–H groups in total. The van der Waals surface area contributed by atoms with Crippen molar-refractivity contribution in [3.63, 3.8) is 0 Å². The lowest BCUT2D eigenvalue weighted by molar-refractivity contribution is -0.259. The van der Waals surface area contributed by atoms with E-state index in [0.717, 1.165) is 12.3 Å². The molecule has 0 radical (unpaired) electrons. The highest BCUT2D eigenvalue weighted by Crippen LogP contribution is 2.38. The average molecular weight is 404 g/mol. The number of aliphatic hydroxyl groups is 1. The summed E-state index contributed by atoms with van der Waals surface area (Å²) in [6.07, 6.45) is -2.28. The van der Waals surface area contributed by atoms with E-state index in [-0.39, 0.29) is 10.2 Å². The van der Waals surface area contributed by atoms with Crippen LogP contribution in [-0.4, -0.2) is 25.7 Å². The molecule has 0 aliphatic carbocycles. The average Bonchev–Trinajstić information content (AvgIpc) is 2.92. The summed E-state index contributed by atoms with van der Waals surface area (Å²) in [7, 11) is 0. The maximum absolute atomic E-state index is 13.3. The zero-order valence-electron chi connectivity index (χ0n) is 12.1. The van der Waals surface area contributed by atoms with Crippen LogP contribution in [0.25, 0.3) is 17.0 Å². The minimum atomic E-state index is -4.83. The van der Waals surface area contributed by atoms with E-state index in [0.29, 0.717) is 24.0 Å². The van der Waals surface area contributed by atoms with Gasteiger partial charge in [0.05, 0.1) is 17.6 Å². The molecule has 3 aromatic heterocycles. The van der Waals surface area contributed by atoms with E-state index in [9.17, 15) is 22.7 Å². The highest BCUT2D eigenvalue weighted by molar-refractivity contribution is 9.10. The lowest BCUT2D eigenvalue weighted by Gasteiger charge is -2.26. The second kappa shape index (κ2) is 5.52. The van der Waals surface area contributed by atoms with Gasteiger partial charge >= 0.3 is 6.18 Å². The maximum Gasteiger partial charge on any atom is 0.421 e. The number of aromatic nitrogens is 3. The molecule has 3 rings (SSSR count). The molecule has 4 nitrogen and oxygen atoms in total. The van der Waals surface area contributed by atoms with Gasteiger partial charge in [0.2, 0.25) is 0 Å². The van der Waals surface area contributed by atoms with Crippen molar-refractivity contribution in [3.8, 4) is 11.4 Å². The lowest BCUT2D eigenvalue weighted by atomic mass is 9.97. The van der Waals surface area contributed by atoms with Gasteiger partial charge in [0.15, 0.2) is 11.4 Å². The Morgan fingerprint density at radius 1 is 1.17 bits per heavy atom. The first-order valence-corrected chi connectivity index (χ1v) is 7.49. The van der Waals surface area contributed by atoms with Gasteiger partial charge in [0.25, 0.3) is 0 Å². The Bertz CT molecular complexity index is 921. The monoisotopic (exact) mass is 403 g/mol. The fourth-order valence-corrected chi connectivity index (χ4v) is 2.50. The van der Waals surface area contributed by atoms with Crippen molar-refractivity contribution in [1.29, 1.82) is 0 Å². The van der Waals surface area contributed by atoms with Gasteiger partial charge in [-0.15, -0.1) is 0 Å². The molecule has 9 heteroatoms. The number of halogens is 5. The van der Waals surface area contributed by atoms with Crippen molar-refractivity contribution in [2.24, 2.45) is 0 Å². The molecule has 0 aromatic carbocycles. The summed E-state index contributed by atoms with van der Waals surface area (Å²) < 4.78 is 53.8. The molecule has 1 atom stereocenters. The van der Waals surface area contributed by atoms with Crippen molar-refractivity contribution < 1.29 is 22.7 Å². The van der Waals surface area contributed by atoms with E-state index in [2.05, 4.69) is 25.9 Å². The highest BCUT2D eigenvalue weighted by atomic mass is 79.9. The maximum atomic E-state index is 13.3. The van der Waals surface area contributed by atoms with Gasteiger partial charge in [-0.3, -0.25) is 4.40 Å². The molecular weight excluding hydrogens is 394 g/mol. The number of pyridine rings is 2. The van der Waals surface area contributed by atoms with E-state index in [4.69, 9.17) is 0 Å². The fraction of sp³-hybridized carbons (Fsp3) is 0.200. The molecule has 0 aliphatic heterocycles. The van der Waals surface area contributed by atoms with Gasteiger partial charge in [-0.05, 0) is 41.1 Å². The first-order chi connectivity index (χ1) is 11.1. The number of nitrogens with zero attached hydrogens (tertiary/aromatic N) is 3. The standard InChI is InChI=1S/C15H10BrF4N3O/c1-14(24,15(18,19)20)8-2-5-12-21-6-11(23(12)7-8)10-4-3-9(17)13(16)22-10/h2-7,24H,1H3. The molecular formula is C15H10BrF4N3O. The minimum Gasteiger partial charge on any atom is -0.376 e. The summed E-state index contributed by atoms with van der Waals surface area (Å²) in [5.74, 6) is -0.562. The van der Waals surface area contributed by atoms with Crippen LogP contribution in [0.4, 0.5) is 17.6 Å². The second-order valence-corrected chi connectivity index (χ2v) is 6.08. The quantitative estimate of drug-likeness (QED) is 0.518. The van der Waals surface area contributed by atoms with E-state index in [1.54, 1.807) is 0 Å². The summed E-state index contributed by atoms with van der Waals surface area (Å²) in [5, 5.41) is 9.83. The molecule has 0 fully saturated rings. The third-order valence-corrected chi connectivity index (χ3v) is 4.24. The molecule has 0 aliphatic rings. The summed E-state index contributed by atoms with van der Waals surface area (Å²) in [6, 6.07) is 5.09. The van der Waals surface area contributed by atoms with Crippen LogP contribution in [0, 0.1) is 5.82 Å². The van der Waals surface area contributed by atoms with E-state index in [1.807, 2.05) is 0 Å². The second-order valence-electron chi connectivity index (χ2n) is 5.33. The molecule has 0 bridgehead atoms. The Hall–Kier alpha value is -2.00. The summed E-state index contributed by atoms with van der Waals surface area (Å²) in [5.41, 5.74) is -2.30. The summed E-state index contributed by atoms with van der Waals surface area (Å²) >= 11 is 2.96. The van der Waals surface area contributed by atoms with Crippen LogP contribution < -0.4 is 0 Å². The summed E-state index contributed by atoms with van der Waals surface area (Å²) in [4.78, 5) is 8.09. The molecule has 3 aromatic rings. The van der Waals surface area contributed by atoms with Crippen molar-refractivity contribution in [1.82, 2.24) is 14.4 Å². The zero-order valence-corrected chi connectivity index (χ0v) is 13.7. The van der Waals surface area contributed by atoms with Crippen molar-refractivity contribution >= 4 is 21.6 Å². The topological polar surface area (TPSA) is 50.4 Å². The van der Waals surface area contributed by atoms with Crippen LogP contribution in [0.3, 0.4) is 0 Å².